The average molecular weight is 393 g/mol. The van der Waals surface area contributed by atoms with Gasteiger partial charge in [-0.15, -0.1) is 0 Å². The van der Waals surface area contributed by atoms with Crippen molar-refractivity contribution in [2.75, 3.05) is 13.7 Å². The van der Waals surface area contributed by atoms with E-state index in [2.05, 4.69) is 15.4 Å². The van der Waals surface area contributed by atoms with Gasteiger partial charge in [-0.25, -0.2) is 9.50 Å². The van der Waals surface area contributed by atoms with Crippen LogP contribution in [0.5, 0.6) is 5.75 Å². The SMILES string of the molecule is COc1cccc(CN2CCC(NC(=O)c3ccn4ncnc4c3)CCC2=O)c1. The minimum absolute atomic E-state index is 0.0455. The molecule has 3 aromatic rings. The number of nitrogens with one attached hydrogen (secondary N) is 1. The lowest BCUT2D eigenvalue weighted by molar-refractivity contribution is -0.131. The van der Waals surface area contributed by atoms with E-state index >= 15 is 0 Å². The Morgan fingerprint density at radius 1 is 1.28 bits per heavy atom. The molecule has 3 heterocycles. The highest BCUT2D eigenvalue weighted by molar-refractivity contribution is 5.95. The molecule has 0 radical (unpaired) electrons. The van der Waals surface area contributed by atoms with Gasteiger partial charge in [0.15, 0.2) is 5.65 Å². The molecule has 1 saturated heterocycles. The number of nitrogens with zero attached hydrogens (tertiary/aromatic N) is 4. The topological polar surface area (TPSA) is 88.8 Å². The molecule has 1 aliphatic rings. The number of pyridine rings is 1. The van der Waals surface area contributed by atoms with Crippen molar-refractivity contribution in [3.05, 3.63) is 60.0 Å². The van der Waals surface area contributed by atoms with Crippen LogP contribution in [0.3, 0.4) is 0 Å². The van der Waals surface area contributed by atoms with Crippen LogP contribution in [0.25, 0.3) is 5.65 Å². The summed E-state index contributed by atoms with van der Waals surface area (Å²) < 4.78 is 6.87. The van der Waals surface area contributed by atoms with Crippen LogP contribution in [-0.4, -0.2) is 51.0 Å². The van der Waals surface area contributed by atoms with Gasteiger partial charge in [0, 0.05) is 37.3 Å². The molecule has 1 unspecified atom stereocenters. The molecule has 1 N–H and O–H groups in total. The van der Waals surface area contributed by atoms with Gasteiger partial charge in [-0.3, -0.25) is 9.59 Å². The van der Waals surface area contributed by atoms with E-state index in [1.165, 1.54) is 6.33 Å². The van der Waals surface area contributed by atoms with E-state index in [0.29, 0.717) is 43.6 Å². The summed E-state index contributed by atoms with van der Waals surface area (Å²) in [5.41, 5.74) is 2.19. The highest BCUT2D eigenvalue weighted by Gasteiger charge is 2.24. The van der Waals surface area contributed by atoms with Crippen molar-refractivity contribution in [1.82, 2.24) is 24.8 Å². The molecule has 8 nitrogen and oxygen atoms in total. The summed E-state index contributed by atoms with van der Waals surface area (Å²) in [6.07, 6.45) is 4.92. The second-order valence-electron chi connectivity index (χ2n) is 7.14. The number of amides is 2. The number of hydrogen-bond donors (Lipinski definition) is 1. The maximum absolute atomic E-state index is 12.6. The van der Waals surface area contributed by atoms with Crippen LogP contribution in [-0.2, 0) is 11.3 Å². The number of benzene rings is 1. The zero-order chi connectivity index (χ0) is 20.2. The summed E-state index contributed by atoms with van der Waals surface area (Å²) >= 11 is 0. The number of fused-ring (bicyclic) bond motifs is 1. The molecule has 0 aliphatic carbocycles. The van der Waals surface area contributed by atoms with E-state index in [1.54, 1.807) is 30.0 Å². The van der Waals surface area contributed by atoms with Gasteiger partial charge in [0.2, 0.25) is 5.91 Å². The first-order chi connectivity index (χ1) is 14.1. The normalized spacial score (nSPS) is 17.2. The van der Waals surface area contributed by atoms with Gasteiger partial charge >= 0.3 is 0 Å². The molecule has 150 valence electrons. The van der Waals surface area contributed by atoms with E-state index in [9.17, 15) is 9.59 Å². The fourth-order valence-electron chi connectivity index (χ4n) is 3.56. The van der Waals surface area contributed by atoms with Crippen LogP contribution >= 0.6 is 0 Å². The van der Waals surface area contributed by atoms with Crippen molar-refractivity contribution in [2.45, 2.75) is 31.8 Å². The van der Waals surface area contributed by atoms with Crippen LogP contribution in [0.1, 0.15) is 35.2 Å². The lowest BCUT2D eigenvalue weighted by Crippen LogP contribution is -2.36. The minimum Gasteiger partial charge on any atom is -0.497 e. The molecular weight excluding hydrogens is 370 g/mol. The van der Waals surface area contributed by atoms with Crippen LogP contribution < -0.4 is 10.1 Å². The van der Waals surface area contributed by atoms with E-state index in [-0.39, 0.29) is 17.9 Å². The predicted octanol–water partition coefficient (Wildman–Crippen LogP) is 2.05. The molecule has 1 atom stereocenters. The minimum atomic E-state index is -0.158. The van der Waals surface area contributed by atoms with Gasteiger partial charge in [-0.05, 0) is 42.7 Å². The first-order valence-corrected chi connectivity index (χ1v) is 9.63. The Morgan fingerprint density at radius 3 is 3.03 bits per heavy atom. The van der Waals surface area contributed by atoms with Gasteiger partial charge in [-0.2, -0.15) is 5.10 Å². The summed E-state index contributed by atoms with van der Waals surface area (Å²) in [6.45, 7) is 1.14. The molecule has 1 fully saturated rings. The van der Waals surface area contributed by atoms with E-state index in [0.717, 1.165) is 11.3 Å². The number of carbonyl (C=O) groups excluding carboxylic acids is 2. The smallest absolute Gasteiger partial charge is 0.251 e. The van der Waals surface area contributed by atoms with Crippen LogP contribution in [0.4, 0.5) is 0 Å². The van der Waals surface area contributed by atoms with Crippen LogP contribution in [0.2, 0.25) is 0 Å². The lowest BCUT2D eigenvalue weighted by Gasteiger charge is -2.21. The quantitative estimate of drug-likeness (QED) is 0.717. The largest absolute Gasteiger partial charge is 0.497 e. The van der Waals surface area contributed by atoms with E-state index in [1.807, 2.05) is 29.2 Å². The first-order valence-electron chi connectivity index (χ1n) is 9.63. The third-order valence-corrected chi connectivity index (χ3v) is 5.19. The number of hydrogen-bond acceptors (Lipinski definition) is 5. The molecule has 29 heavy (non-hydrogen) atoms. The molecule has 4 rings (SSSR count). The van der Waals surface area contributed by atoms with Crippen LogP contribution in [0.15, 0.2) is 48.9 Å². The van der Waals surface area contributed by atoms with Crippen molar-refractivity contribution in [3.8, 4) is 5.75 Å². The lowest BCUT2D eigenvalue weighted by atomic mass is 10.1. The summed E-state index contributed by atoms with van der Waals surface area (Å²) in [5, 5.41) is 7.09. The number of aromatic nitrogens is 3. The zero-order valence-electron chi connectivity index (χ0n) is 16.2. The predicted molar refractivity (Wildman–Crippen MR) is 107 cm³/mol. The Bertz CT molecular complexity index is 1030. The van der Waals surface area contributed by atoms with Gasteiger partial charge in [0.05, 0.1) is 7.11 Å². The van der Waals surface area contributed by atoms with E-state index in [4.69, 9.17) is 4.74 Å². The summed E-state index contributed by atoms with van der Waals surface area (Å²) in [6, 6.07) is 11.1. The number of rotatable bonds is 5. The van der Waals surface area contributed by atoms with Gasteiger partial charge < -0.3 is 15.0 Å². The molecule has 0 spiro atoms. The monoisotopic (exact) mass is 393 g/mol. The number of likely N-dealkylation sites (tertiary alicyclic amines) is 1. The molecular formula is C21H23N5O3. The van der Waals surface area contributed by atoms with Crippen molar-refractivity contribution in [2.24, 2.45) is 0 Å². The molecule has 1 aliphatic heterocycles. The van der Waals surface area contributed by atoms with Crippen molar-refractivity contribution < 1.29 is 14.3 Å². The third-order valence-electron chi connectivity index (χ3n) is 5.19. The zero-order valence-corrected chi connectivity index (χ0v) is 16.2. The first kappa shape index (κ1) is 18.9. The van der Waals surface area contributed by atoms with Gasteiger partial charge in [0.25, 0.3) is 5.91 Å². The summed E-state index contributed by atoms with van der Waals surface area (Å²) in [7, 11) is 1.63. The third kappa shape index (κ3) is 4.37. The molecule has 2 amide bonds. The standard InChI is InChI=1S/C21H23N5O3/c1-29-18-4-2-3-15(11-18)13-25-9-8-17(5-6-20(25)27)24-21(28)16-7-10-26-19(12-16)22-14-23-26/h2-4,7,10-12,14,17H,5-6,8-9,13H2,1H3,(H,24,28). The number of ether oxygens (including phenoxy) is 1. The van der Waals surface area contributed by atoms with Gasteiger partial charge in [0.1, 0.15) is 12.1 Å². The highest BCUT2D eigenvalue weighted by atomic mass is 16.5. The maximum atomic E-state index is 12.6. The Balaban J connectivity index is 1.38. The highest BCUT2D eigenvalue weighted by Crippen LogP contribution is 2.19. The number of methoxy groups -OCH3 is 1. The fraction of sp³-hybridized carbons (Fsp3) is 0.333. The Labute approximate surface area is 168 Å². The van der Waals surface area contributed by atoms with Crippen molar-refractivity contribution >= 4 is 17.5 Å². The Hall–Kier alpha value is -3.42. The summed E-state index contributed by atoms with van der Waals surface area (Å²) in [4.78, 5) is 31.1. The van der Waals surface area contributed by atoms with Crippen molar-refractivity contribution in [3.63, 3.8) is 0 Å². The van der Waals surface area contributed by atoms with Crippen LogP contribution in [0, 0.1) is 0 Å². The molecule has 0 saturated carbocycles. The summed E-state index contributed by atoms with van der Waals surface area (Å²) in [5.74, 6) is 0.725. The number of carbonyl (C=O) groups is 2. The van der Waals surface area contributed by atoms with Gasteiger partial charge in [-0.1, -0.05) is 12.1 Å². The molecule has 0 bridgehead atoms. The van der Waals surface area contributed by atoms with Crippen molar-refractivity contribution in [1.29, 1.82) is 0 Å². The maximum Gasteiger partial charge on any atom is 0.251 e. The molecule has 2 aromatic heterocycles. The molecule has 8 heteroatoms. The average Bonchev–Trinajstić information content (AvgIpc) is 3.15. The molecule has 1 aromatic carbocycles. The van der Waals surface area contributed by atoms with E-state index < -0.39 is 0 Å². The second-order valence-corrected chi connectivity index (χ2v) is 7.14. The Kier molecular flexibility index (Phi) is 5.41. The Morgan fingerprint density at radius 2 is 2.17 bits per heavy atom. The second kappa shape index (κ2) is 8.30. The fourth-order valence-corrected chi connectivity index (χ4v) is 3.56.